The molecule has 3 aromatic rings. The minimum atomic E-state index is -0.294. The Hall–Kier alpha value is -2.74. The molecule has 3 rings (SSSR count). The third-order valence-corrected chi connectivity index (χ3v) is 4.66. The van der Waals surface area contributed by atoms with Crippen LogP contribution < -0.4 is 10.6 Å². The van der Waals surface area contributed by atoms with Gasteiger partial charge in [0.15, 0.2) is 11.0 Å². The number of aromatic nitrogens is 3. The molecule has 0 saturated carbocycles. The summed E-state index contributed by atoms with van der Waals surface area (Å²) in [4.78, 5) is 25.6. The summed E-state index contributed by atoms with van der Waals surface area (Å²) in [5.41, 5.74) is 1.91. The summed E-state index contributed by atoms with van der Waals surface area (Å²) < 4.78 is 5.50. The smallest absolute Gasteiger partial charge is 0.321 e. The highest BCUT2D eigenvalue weighted by Gasteiger charge is 2.12. The molecular weight excluding hydrogens is 338 g/mol. The van der Waals surface area contributed by atoms with Crippen LogP contribution in [0.15, 0.2) is 35.1 Å². The van der Waals surface area contributed by atoms with Crippen molar-refractivity contribution in [2.45, 2.75) is 26.7 Å². The van der Waals surface area contributed by atoms with Crippen molar-refractivity contribution >= 4 is 22.5 Å². The Labute approximate surface area is 149 Å². The maximum Gasteiger partial charge on any atom is 0.321 e. The Kier molecular flexibility index (Phi) is 5.39. The molecule has 0 aliphatic rings. The summed E-state index contributed by atoms with van der Waals surface area (Å²) in [5, 5.41) is 6.11. The predicted octanol–water partition coefficient (Wildman–Crippen LogP) is 3.43. The SMILES string of the molecule is CCc1cnc(CCNC(=O)Nc2nc(C)c(-c3ccncc3)s2)o1. The maximum atomic E-state index is 12.0. The van der Waals surface area contributed by atoms with Gasteiger partial charge in [0.2, 0.25) is 0 Å². The molecule has 3 aromatic heterocycles. The molecule has 0 saturated heterocycles. The molecule has 25 heavy (non-hydrogen) atoms. The first-order valence-corrected chi connectivity index (χ1v) is 8.83. The highest BCUT2D eigenvalue weighted by atomic mass is 32.1. The van der Waals surface area contributed by atoms with Crippen LogP contribution in [0.25, 0.3) is 10.4 Å². The van der Waals surface area contributed by atoms with Crippen molar-refractivity contribution in [3.8, 4) is 10.4 Å². The van der Waals surface area contributed by atoms with Crippen molar-refractivity contribution < 1.29 is 9.21 Å². The van der Waals surface area contributed by atoms with Crippen LogP contribution in [0.1, 0.15) is 24.3 Å². The van der Waals surface area contributed by atoms with Gasteiger partial charge in [-0.05, 0) is 24.6 Å². The van der Waals surface area contributed by atoms with Gasteiger partial charge < -0.3 is 9.73 Å². The zero-order valence-electron chi connectivity index (χ0n) is 14.1. The number of thiazole rings is 1. The fourth-order valence-corrected chi connectivity index (χ4v) is 3.24. The molecule has 0 aromatic carbocycles. The Balaban J connectivity index is 1.53. The number of carbonyl (C=O) groups is 1. The zero-order chi connectivity index (χ0) is 17.6. The van der Waals surface area contributed by atoms with Crippen molar-refractivity contribution in [2.75, 3.05) is 11.9 Å². The van der Waals surface area contributed by atoms with Crippen LogP contribution in [-0.4, -0.2) is 27.5 Å². The Morgan fingerprint density at radius 3 is 2.84 bits per heavy atom. The maximum absolute atomic E-state index is 12.0. The molecule has 8 heteroatoms. The van der Waals surface area contributed by atoms with Gasteiger partial charge in [0, 0.05) is 31.8 Å². The first-order valence-electron chi connectivity index (χ1n) is 8.02. The highest BCUT2D eigenvalue weighted by Crippen LogP contribution is 2.32. The quantitative estimate of drug-likeness (QED) is 0.705. The number of hydrogen-bond acceptors (Lipinski definition) is 6. The molecule has 2 amide bonds. The number of amides is 2. The van der Waals surface area contributed by atoms with Crippen molar-refractivity contribution in [3.63, 3.8) is 0 Å². The van der Waals surface area contributed by atoms with Crippen LogP contribution >= 0.6 is 11.3 Å². The van der Waals surface area contributed by atoms with Crippen LogP contribution in [0, 0.1) is 6.92 Å². The van der Waals surface area contributed by atoms with E-state index in [-0.39, 0.29) is 6.03 Å². The molecular formula is C17H19N5O2S. The fraction of sp³-hybridized carbons (Fsp3) is 0.294. The Morgan fingerprint density at radius 1 is 1.32 bits per heavy atom. The van der Waals surface area contributed by atoms with E-state index in [2.05, 4.69) is 25.6 Å². The number of oxazole rings is 1. The Bertz CT molecular complexity index is 844. The number of nitrogens with zero attached hydrogens (tertiary/aromatic N) is 3. The Morgan fingerprint density at radius 2 is 2.12 bits per heavy atom. The third-order valence-electron chi connectivity index (χ3n) is 3.53. The molecule has 0 radical (unpaired) electrons. The van der Waals surface area contributed by atoms with Gasteiger partial charge in [-0.3, -0.25) is 10.3 Å². The summed E-state index contributed by atoms with van der Waals surface area (Å²) in [6.45, 7) is 4.37. The number of anilines is 1. The fourth-order valence-electron chi connectivity index (χ4n) is 2.27. The van der Waals surface area contributed by atoms with E-state index in [1.54, 1.807) is 18.6 Å². The first-order chi connectivity index (χ1) is 12.2. The number of pyridine rings is 1. The molecule has 0 bridgehead atoms. The first kappa shape index (κ1) is 17.1. The minimum absolute atomic E-state index is 0.294. The van der Waals surface area contributed by atoms with Gasteiger partial charge in [-0.2, -0.15) is 0 Å². The van der Waals surface area contributed by atoms with Crippen LogP contribution in [0.5, 0.6) is 0 Å². The molecule has 0 atom stereocenters. The molecule has 130 valence electrons. The zero-order valence-corrected chi connectivity index (χ0v) is 14.9. The number of rotatable bonds is 6. The van der Waals surface area contributed by atoms with E-state index in [1.807, 2.05) is 26.0 Å². The normalized spacial score (nSPS) is 10.6. The topological polar surface area (TPSA) is 92.9 Å². The number of carbonyl (C=O) groups excluding carboxylic acids is 1. The molecule has 0 spiro atoms. The second-order valence-electron chi connectivity index (χ2n) is 5.37. The lowest BCUT2D eigenvalue weighted by atomic mass is 10.2. The number of hydrogen-bond donors (Lipinski definition) is 2. The molecule has 3 heterocycles. The third kappa shape index (κ3) is 4.42. The van der Waals surface area contributed by atoms with E-state index in [0.29, 0.717) is 24.0 Å². The van der Waals surface area contributed by atoms with Gasteiger partial charge >= 0.3 is 6.03 Å². The van der Waals surface area contributed by atoms with Gasteiger partial charge in [-0.15, -0.1) is 0 Å². The second-order valence-corrected chi connectivity index (χ2v) is 6.37. The molecule has 0 aliphatic heterocycles. The van der Waals surface area contributed by atoms with Crippen LogP contribution in [-0.2, 0) is 12.8 Å². The lowest BCUT2D eigenvalue weighted by Crippen LogP contribution is -2.30. The van der Waals surface area contributed by atoms with Gasteiger partial charge in [0.1, 0.15) is 5.76 Å². The summed E-state index contributed by atoms with van der Waals surface area (Å²) in [6, 6.07) is 3.55. The van der Waals surface area contributed by atoms with Crippen LogP contribution in [0.4, 0.5) is 9.93 Å². The van der Waals surface area contributed by atoms with Gasteiger partial charge in [0.25, 0.3) is 0 Å². The molecule has 0 unspecified atom stereocenters. The average molecular weight is 357 g/mol. The summed E-state index contributed by atoms with van der Waals surface area (Å²) in [7, 11) is 0. The largest absolute Gasteiger partial charge is 0.446 e. The summed E-state index contributed by atoms with van der Waals surface area (Å²) >= 11 is 1.44. The number of nitrogens with one attached hydrogen (secondary N) is 2. The van der Waals surface area contributed by atoms with Gasteiger partial charge in [-0.1, -0.05) is 18.3 Å². The van der Waals surface area contributed by atoms with Gasteiger partial charge in [0.05, 0.1) is 16.8 Å². The lowest BCUT2D eigenvalue weighted by Gasteiger charge is -2.03. The highest BCUT2D eigenvalue weighted by molar-refractivity contribution is 7.19. The standard InChI is InChI=1S/C17H19N5O2S/c1-3-13-10-20-14(24-13)6-9-19-16(23)22-17-21-11(2)15(25-17)12-4-7-18-8-5-12/h4-5,7-8,10H,3,6,9H2,1-2H3,(H2,19,21,22,23). The lowest BCUT2D eigenvalue weighted by molar-refractivity contribution is 0.252. The monoisotopic (exact) mass is 357 g/mol. The van der Waals surface area contributed by atoms with Crippen molar-refractivity contribution in [2.24, 2.45) is 0 Å². The molecule has 2 N–H and O–H groups in total. The van der Waals surface area contributed by atoms with E-state index in [9.17, 15) is 4.79 Å². The van der Waals surface area contributed by atoms with Crippen molar-refractivity contribution in [1.82, 2.24) is 20.3 Å². The van der Waals surface area contributed by atoms with E-state index in [0.717, 1.165) is 28.3 Å². The molecule has 0 fully saturated rings. The molecule has 0 aliphatic carbocycles. The van der Waals surface area contributed by atoms with Crippen LogP contribution in [0.3, 0.4) is 0 Å². The molecule has 7 nitrogen and oxygen atoms in total. The van der Waals surface area contributed by atoms with E-state index in [4.69, 9.17) is 4.42 Å². The van der Waals surface area contributed by atoms with Gasteiger partial charge in [-0.25, -0.2) is 14.8 Å². The number of urea groups is 1. The summed E-state index contributed by atoms with van der Waals surface area (Å²) in [5.74, 6) is 1.48. The van der Waals surface area contributed by atoms with E-state index < -0.39 is 0 Å². The van der Waals surface area contributed by atoms with E-state index >= 15 is 0 Å². The van der Waals surface area contributed by atoms with Crippen molar-refractivity contribution in [1.29, 1.82) is 0 Å². The predicted molar refractivity (Wildman–Crippen MR) is 96.7 cm³/mol. The minimum Gasteiger partial charge on any atom is -0.446 e. The average Bonchev–Trinajstić information content (AvgIpc) is 3.22. The number of aryl methyl sites for hydroxylation is 2. The van der Waals surface area contributed by atoms with E-state index in [1.165, 1.54) is 11.3 Å². The second kappa shape index (κ2) is 7.89. The van der Waals surface area contributed by atoms with Crippen LogP contribution in [0.2, 0.25) is 0 Å². The summed E-state index contributed by atoms with van der Waals surface area (Å²) in [6.07, 6.45) is 6.55. The van der Waals surface area contributed by atoms with Crippen molar-refractivity contribution in [3.05, 3.63) is 48.1 Å².